The molecule has 0 aliphatic carbocycles. The summed E-state index contributed by atoms with van der Waals surface area (Å²) in [7, 11) is -4.73. The Hall–Kier alpha value is -2.36. The molecule has 9 heteroatoms. The fraction of sp³-hybridized carbons (Fsp3) is 0.294. The highest BCUT2D eigenvalue weighted by atomic mass is 32.3. The van der Waals surface area contributed by atoms with E-state index in [-0.39, 0.29) is 13.2 Å². The van der Waals surface area contributed by atoms with E-state index in [1.807, 2.05) is 24.0 Å². The first kappa shape index (κ1) is 20.0. The van der Waals surface area contributed by atoms with Gasteiger partial charge in [-0.25, -0.2) is 0 Å². The molecule has 0 spiro atoms. The van der Waals surface area contributed by atoms with E-state index in [0.717, 1.165) is 23.4 Å². The highest BCUT2D eigenvalue weighted by Crippen LogP contribution is 2.27. The predicted octanol–water partition coefficient (Wildman–Crippen LogP) is 2.86. The number of rotatable bonds is 8. The third kappa shape index (κ3) is 5.32. The average molecular weight is 381 g/mol. The summed E-state index contributed by atoms with van der Waals surface area (Å²) in [5.74, 6) is 0. The van der Waals surface area contributed by atoms with Crippen molar-refractivity contribution in [3.63, 3.8) is 0 Å². The first-order valence-electron chi connectivity index (χ1n) is 7.89. The van der Waals surface area contributed by atoms with Gasteiger partial charge in [0.05, 0.1) is 29.5 Å². The van der Waals surface area contributed by atoms with Gasteiger partial charge in [0, 0.05) is 18.8 Å². The molecule has 2 aromatic rings. The first-order valence-corrected chi connectivity index (χ1v) is 9.27. The molecule has 2 N–H and O–H groups in total. The van der Waals surface area contributed by atoms with Gasteiger partial charge in [0.15, 0.2) is 0 Å². The van der Waals surface area contributed by atoms with Crippen molar-refractivity contribution >= 4 is 27.3 Å². The molecule has 0 aromatic heterocycles. The number of hydrogen-bond acceptors (Lipinski definition) is 7. The van der Waals surface area contributed by atoms with Crippen LogP contribution in [-0.2, 0) is 10.2 Å². The molecule has 0 fully saturated rings. The summed E-state index contributed by atoms with van der Waals surface area (Å²) in [5.41, 5.74) is 2.70. The van der Waals surface area contributed by atoms with Crippen LogP contribution in [0.15, 0.2) is 57.6 Å². The van der Waals surface area contributed by atoms with Crippen molar-refractivity contribution in [2.24, 2.45) is 10.2 Å². The quantitative estimate of drug-likeness (QED) is 0.541. The second-order valence-electron chi connectivity index (χ2n) is 5.54. The van der Waals surface area contributed by atoms with E-state index in [9.17, 15) is 12.3 Å². The van der Waals surface area contributed by atoms with E-state index in [1.54, 1.807) is 6.07 Å². The second-order valence-corrected chi connectivity index (χ2v) is 6.88. The van der Waals surface area contributed by atoms with E-state index in [0.29, 0.717) is 24.5 Å². The van der Waals surface area contributed by atoms with E-state index in [1.165, 1.54) is 12.1 Å². The Kier molecular flexibility index (Phi) is 6.78. The molecule has 2 aromatic carbocycles. The van der Waals surface area contributed by atoms with Crippen molar-refractivity contribution in [1.29, 1.82) is 0 Å². The van der Waals surface area contributed by atoms with Gasteiger partial charge in [-0.15, -0.1) is 3.89 Å². The van der Waals surface area contributed by atoms with Gasteiger partial charge in [0.25, 0.3) is 0 Å². The Morgan fingerprint density at radius 2 is 1.62 bits per heavy atom. The molecule has 0 unspecified atom stereocenters. The maximum absolute atomic E-state index is 12.9. The standard InChI is InChI=1S/C17H20FN3O4S/c1-13-12-15(21(8-10-22)9-11-23)4-7-17(13)20-19-14-2-5-16(6-3-14)26(18,24)25/h2-7,12,22-23H,8-11H2,1H3. The summed E-state index contributed by atoms with van der Waals surface area (Å²) in [6.07, 6.45) is 0. The van der Waals surface area contributed by atoms with Crippen molar-refractivity contribution in [2.45, 2.75) is 11.8 Å². The number of aliphatic hydroxyl groups is 2. The van der Waals surface area contributed by atoms with Crippen LogP contribution in [0.5, 0.6) is 0 Å². The molecule has 26 heavy (non-hydrogen) atoms. The van der Waals surface area contributed by atoms with Gasteiger partial charge in [-0.1, -0.05) is 0 Å². The third-order valence-corrected chi connectivity index (χ3v) is 4.51. The Balaban J connectivity index is 2.18. The fourth-order valence-electron chi connectivity index (χ4n) is 2.35. The summed E-state index contributed by atoms with van der Waals surface area (Å²) in [6.45, 7) is 2.62. The minimum atomic E-state index is -4.73. The van der Waals surface area contributed by atoms with Gasteiger partial charge in [-0.2, -0.15) is 18.6 Å². The minimum absolute atomic E-state index is 0.0227. The molecule has 0 saturated heterocycles. The van der Waals surface area contributed by atoms with Crippen LogP contribution in [0.1, 0.15) is 5.56 Å². The molecule has 0 bridgehead atoms. The van der Waals surface area contributed by atoms with Crippen LogP contribution < -0.4 is 4.90 Å². The van der Waals surface area contributed by atoms with Crippen molar-refractivity contribution in [3.8, 4) is 0 Å². The molecule has 0 aliphatic rings. The summed E-state index contributed by atoms with van der Waals surface area (Å²) < 4.78 is 34.4. The molecular formula is C17H20FN3O4S. The van der Waals surface area contributed by atoms with E-state index >= 15 is 0 Å². The Bertz CT molecular complexity index is 864. The zero-order chi connectivity index (χ0) is 19.2. The highest BCUT2D eigenvalue weighted by Gasteiger charge is 2.11. The van der Waals surface area contributed by atoms with Gasteiger partial charge in [-0.3, -0.25) is 0 Å². The van der Waals surface area contributed by atoms with Gasteiger partial charge in [0.1, 0.15) is 0 Å². The molecule has 7 nitrogen and oxygen atoms in total. The zero-order valence-electron chi connectivity index (χ0n) is 14.2. The van der Waals surface area contributed by atoms with Crippen LogP contribution in [0.3, 0.4) is 0 Å². The van der Waals surface area contributed by atoms with Crippen LogP contribution >= 0.6 is 0 Å². The van der Waals surface area contributed by atoms with Crippen LogP contribution in [-0.4, -0.2) is 44.9 Å². The number of hydrogen-bond donors (Lipinski definition) is 2. The fourth-order valence-corrected chi connectivity index (χ4v) is 2.81. The number of nitrogens with zero attached hydrogens (tertiary/aromatic N) is 3. The summed E-state index contributed by atoms with van der Waals surface area (Å²) in [5, 5.41) is 26.4. The predicted molar refractivity (Wildman–Crippen MR) is 96.5 cm³/mol. The number of azo groups is 1. The number of aliphatic hydroxyl groups excluding tert-OH is 2. The lowest BCUT2D eigenvalue weighted by Gasteiger charge is -2.23. The summed E-state index contributed by atoms with van der Waals surface area (Å²) in [6, 6.07) is 10.4. The maximum Gasteiger partial charge on any atom is 0.332 e. The third-order valence-electron chi connectivity index (χ3n) is 3.68. The van der Waals surface area contributed by atoms with Gasteiger partial charge >= 0.3 is 10.2 Å². The lowest BCUT2D eigenvalue weighted by molar-refractivity contribution is 0.281. The Morgan fingerprint density at radius 1 is 1.00 bits per heavy atom. The minimum Gasteiger partial charge on any atom is -0.395 e. The van der Waals surface area contributed by atoms with Gasteiger partial charge in [-0.05, 0) is 55.0 Å². The number of anilines is 1. The molecule has 0 amide bonds. The molecule has 0 radical (unpaired) electrons. The molecule has 2 rings (SSSR count). The smallest absolute Gasteiger partial charge is 0.332 e. The normalized spacial score (nSPS) is 11.8. The average Bonchev–Trinajstić information content (AvgIpc) is 2.60. The summed E-state index contributed by atoms with van der Waals surface area (Å²) >= 11 is 0. The van der Waals surface area contributed by atoms with Gasteiger partial charge in [0.2, 0.25) is 0 Å². The SMILES string of the molecule is Cc1cc(N(CCO)CCO)ccc1N=Nc1ccc(S(=O)(=O)F)cc1. The van der Waals surface area contributed by atoms with Crippen molar-refractivity contribution in [3.05, 3.63) is 48.0 Å². The topological polar surface area (TPSA) is 103 Å². The lowest BCUT2D eigenvalue weighted by atomic mass is 10.1. The molecule has 140 valence electrons. The highest BCUT2D eigenvalue weighted by molar-refractivity contribution is 7.86. The Morgan fingerprint density at radius 3 is 2.12 bits per heavy atom. The molecular weight excluding hydrogens is 361 g/mol. The van der Waals surface area contributed by atoms with Gasteiger partial charge < -0.3 is 15.1 Å². The van der Waals surface area contributed by atoms with Crippen molar-refractivity contribution < 1.29 is 22.5 Å². The Labute approximate surface area is 151 Å². The van der Waals surface area contributed by atoms with Crippen molar-refractivity contribution in [2.75, 3.05) is 31.2 Å². The van der Waals surface area contributed by atoms with E-state index in [4.69, 9.17) is 10.2 Å². The number of benzene rings is 2. The van der Waals surface area contributed by atoms with E-state index < -0.39 is 15.1 Å². The molecule has 0 saturated carbocycles. The van der Waals surface area contributed by atoms with E-state index in [2.05, 4.69) is 10.2 Å². The largest absolute Gasteiger partial charge is 0.395 e. The maximum atomic E-state index is 12.9. The van der Waals surface area contributed by atoms with Crippen LogP contribution in [0.4, 0.5) is 20.9 Å². The lowest BCUT2D eigenvalue weighted by Crippen LogP contribution is -2.29. The molecule has 0 heterocycles. The number of aryl methyl sites for hydroxylation is 1. The monoisotopic (exact) mass is 381 g/mol. The van der Waals surface area contributed by atoms with Crippen molar-refractivity contribution in [1.82, 2.24) is 0 Å². The molecule has 0 atom stereocenters. The first-order chi connectivity index (χ1) is 12.3. The summed E-state index contributed by atoms with van der Waals surface area (Å²) in [4.78, 5) is 1.43. The zero-order valence-corrected chi connectivity index (χ0v) is 15.0. The second kappa shape index (κ2) is 8.84. The van der Waals surface area contributed by atoms with Crippen LogP contribution in [0.2, 0.25) is 0 Å². The van der Waals surface area contributed by atoms with Crippen LogP contribution in [0, 0.1) is 6.92 Å². The molecule has 0 aliphatic heterocycles. The van der Waals surface area contributed by atoms with Crippen LogP contribution in [0.25, 0.3) is 0 Å². The number of halogens is 1.